The third-order valence-electron chi connectivity index (χ3n) is 2.61. The zero-order chi connectivity index (χ0) is 14.7. The number of amides is 1. The number of hydrogen-bond donors (Lipinski definition) is 3. The maximum atomic E-state index is 10.9. The Bertz CT molecular complexity index is 611. The van der Waals surface area contributed by atoms with E-state index in [0.717, 1.165) is 5.69 Å². The smallest absolute Gasteiger partial charge is 0.410 e. The van der Waals surface area contributed by atoms with Crippen molar-refractivity contribution in [3.63, 3.8) is 0 Å². The molecule has 2 rings (SSSR count). The van der Waals surface area contributed by atoms with Crippen LogP contribution < -0.4 is 5.32 Å². The van der Waals surface area contributed by atoms with Gasteiger partial charge in [-0.2, -0.15) is 5.10 Å². The van der Waals surface area contributed by atoms with E-state index in [4.69, 9.17) is 5.11 Å². The van der Waals surface area contributed by atoms with E-state index in [0.29, 0.717) is 22.4 Å². The Morgan fingerprint density at radius 3 is 2.65 bits per heavy atom. The van der Waals surface area contributed by atoms with Crippen LogP contribution >= 0.6 is 15.9 Å². The van der Waals surface area contributed by atoms with Gasteiger partial charge in [-0.25, -0.2) is 9.48 Å². The first-order valence-electron chi connectivity index (χ1n) is 6.00. The summed E-state index contributed by atoms with van der Waals surface area (Å²) < 4.78 is 2.03. The number of anilines is 1. The van der Waals surface area contributed by atoms with Crippen LogP contribution in [0.1, 0.15) is 12.6 Å². The molecule has 0 radical (unpaired) electrons. The van der Waals surface area contributed by atoms with Crippen molar-refractivity contribution >= 4 is 27.8 Å². The molecular formula is C13H14BrN3O3. The maximum absolute atomic E-state index is 10.9. The average molecular weight is 340 g/mol. The second kappa shape index (κ2) is 6.06. The first kappa shape index (κ1) is 14.5. The number of carboxylic acid groups (broad SMARTS) is 1. The quantitative estimate of drug-likeness (QED) is 0.799. The Balaban J connectivity index is 2.51. The molecule has 7 heteroatoms. The summed E-state index contributed by atoms with van der Waals surface area (Å²) in [5.41, 5.74) is 1.32. The number of aromatic nitrogens is 2. The van der Waals surface area contributed by atoms with Gasteiger partial charge in [-0.15, -0.1) is 0 Å². The van der Waals surface area contributed by atoms with E-state index in [1.54, 1.807) is 6.92 Å². The van der Waals surface area contributed by atoms with Crippen molar-refractivity contribution in [1.82, 2.24) is 9.78 Å². The number of carbonyl (C=O) groups is 1. The van der Waals surface area contributed by atoms with Crippen LogP contribution in [0, 0.1) is 0 Å². The van der Waals surface area contributed by atoms with Gasteiger partial charge in [-0.05, 0) is 35.0 Å². The molecule has 106 valence electrons. The van der Waals surface area contributed by atoms with Crippen LogP contribution in [0.2, 0.25) is 0 Å². The fraction of sp³-hybridized carbons (Fsp3) is 0.231. The molecule has 0 saturated heterocycles. The van der Waals surface area contributed by atoms with Crippen LogP contribution in [0.3, 0.4) is 0 Å². The van der Waals surface area contributed by atoms with Crippen molar-refractivity contribution in [2.75, 3.05) is 5.32 Å². The van der Waals surface area contributed by atoms with Crippen LogP contribution in [0.5, 0.6) is 0 Å². The number of hydrogen-bond acceptors (Lipinski definition) is 3. The molecule has 0 spiro atoms. The van der Waals surface area contributed by atoms with Crippen molar-refractivity contribution in [3.8, 4) is 5.69 Å². The summed E-state index contributed by atoms with van der Waals surface area (Å²) in [6, 6.07) is 9.17. The van der Waals surface area contributed by atoms with Gasteiger partial charge in [0.1, 0.15) is 0 Å². The Hall–Kier alpha value is -1.86. The molecule has 3 N–H and O–H groups in total. The van der Waals surface area contributed by atoms with Crippen LogP contribution in [0.25, 0.3) is 5.69 Å². The SMILES string of the molecule is CC(O)Cc1nn(-c2ccccc2)c(NC(=O)O)c1Br. The molecule has 1 aromatic carbocycles. The molecule has 0 aliphatic rings. The average Bonchev–Trinajstić information content (AvgIpc) is 2.68. The van der Waals surface area contributed by atoms with Gasteiger partial charge in [0.15, 0.2) is 5.82 Å². The molecule has 0 aliphatic heterocycles. The van der Waals surface area contributed by atoms with Gasteiger partial charge in [0.25, 0.3) is 0 Å². The van der Waals surface area contributed by atoms with E-state index >= 15 is 0 Å². The predicted octanol–water partition coefficient (Wildman–Crippen LogP) is 2.65. The number of nitrogens with zero attached hydrogens (tertiary/aromatic N) is 2. The summed E-state index contributed by atoms with van der Waals surface area (Å²) in [6.45, 7) is 1.65. The Morgan fingerprint density at radius 2 is 2.10 bits per heavy atom. The molecule has 1 aromatic heterocycles. The summed E-state index contributed by atoms with van der Waals surface area (Å²) in [5.74, 6) is 0.319. The van der Waals surface area contributed by atoms with Crippen molar-refractivity contribution in [2.24, 2.45) is 0 Å². The van der Waals surface area contributed by atoms with Gasteiger partial charge < -0.3 is 10.2 Å². The van der Waals surface area contributed by atoms with Crippen LogP contribution in [0.15, 0.2) is 34.8 Å². The van der Waals surface area contributed by atoms with Gasteiger partial charge in [0, 0.05) is 6.42 Å². The highest BCUT2D eigenvalue weighted by molar-refractivity contribution is 9.10. The van der Waals surface area contributed by atoms with E-state index < -0.39 is 12.2 Å². The Kier molecular flexibility index (Phi) is 4.41. The number of benzene rings is 1. The van der Waals surface area contributed by atoms with Crippen LogP contribution in [-0.4, -0.2) is 32.2 Å². The molecule has 1 atom stereocenters. The largest absolute Gasteiger partial charge is 0.465 e. The van der Waals surface area contributed by atoms with Gasteiger partial charge in [0.05, 0.1) is 22.0 Å². The third kappa shape index (κ3) is 3.17. The highest BCUT2D eigenvalue weighted by Crippen LogP contribution is 2.30. The number of para-hydroxylation sites is 1. The van der Waals surface area contributed by atoms with Crippen molar-refractivity contribution in [1.29, 1.82) is 0 Å². The first-order valence-corrected chi connectivity index (χ1v) is 6.79. The van der Waals surface area contributed by atoms with Crippen LogP contribution in [-0.2, 0) is 6.42 Å². The van der Waals surface area contributed by atoms with Crippen LogP contribution in [0.4, 0.5) is 10.6 Å². The highest BCUT2D eigenvalue weighted by atomic mass is 79.9. The number of halogens is 1. The van der Waals surface area contributed by atoms with Gasteiger partial charge in [-0.1, -0.05) is 18.2 Å². The zero-order valence-corrected chi connectivity index (χ0v) is 12.3. The standard InChI is InChI=1S/C13H14BrN3O3/c1-8(18)7-10-11(14)12(15-13(19)20)17(16-10)9-5-3-2-4-6-9/h2-6,8,15,18H,7H2,1H3,(H,19,20). The first-order chi connectivity index (χ1) is 9.49. The van der Waals surface area contributed by atoms with E-state index in [-0.39, 0.29) is 0 Å². The van der Waals surface area contributed by atoms with E-state index in [2.05, 4.69) is 26.3 Å². The lowest BCUT2D eigenvalue weighted by molar-refractivity contribution is 0.194. The number of aliphatic hydroxyl groups excluding tert-OH is 1. The molecule has 0 saturated carbocycles. The second-order valence-electron chi connectivity index (χ2n) is 4.34. The number of rotatable bonds is 4. The lowest BCUT2D eigenvalue weighted by atomic mass is 10.2. The minimum absolute atomic E-state index is 0.319. The van der Waals surface area contributed by atoms with Gasteiger partial charge in [0.2, 0.25) is 0 Å². The van der Waals surface area contributed by atoms with Gasteiger partial charge >= 0.3 is 6.09 Å². The summed E-state index contributed by atoms with van der Waals surface area (Å²) in [6.07, 6.45) is -1.41. The molecular weight excluding hydrogens is 326 g/mol. The molecule has 1 heterocycles. The monoisotopic (exact) mass is 339 g/mol. The summed E-state index contributed by atoms with van der Waals surface area (Å²) in [5, 5.41) is 25.1. The topological polar surface area (TPSA) is 87.4 Å². The normalized spacial score (nSPS) is 12.2. The van der Waals surface area contributed by atoms with E-state index in [9.17, 15) is 9.90 Å². The summed E-state index contributed by atoms with van der Waals surface area (Å²) in [7, 11) is 0. The molecule has 2 aromatic rings. The fourth-order valence-corrected chi connectivity index (χ4v) is 2.33. The second-order valence-corrected chi connectivity index (χ2v) is 5.13. The molecule has 0 aliphatic carbocycles. The zero-order valence-electron chi connectivity index (χ0n) is 10.7. The molecule has 1 amide bonds. The summed E-state index contributed by atoms with van der Waals surface area (Å²) >= 11 is 3.34. The highest BCUT2D eigenvalue weighted by Gasteiger charge is 2.19. The molecule has 20 heavy (non-hydrogen) atoms. The number of aliphatic hydroxyl groups is 1. The fourth-order valence-electron chi connectivity index (χ4n) is 1.82. The van der Waals surface area contributed by atoms with Crippen molar-refractivity contribution in [3.05, 3.63) is 40.5 Å². The molecule has 0 fully saturated rings. The minimum atomic E-state index is -1.17. The third-order valence-corrected chi connectivity index (χ3v) is 3.44. The molecule has 0 bridgehead atoms. The Labute approximate surface area is 124 Å². The lowest BCUT2D eigenvalue weighted by Gasteiger charge is -2.06. The van der Waals surface area contributed by atoms with E-state index in [1.807, 2.05) is 30.3 Å². The van der Waals surface area contributed by atoms with Crippen molar-refractivity contribution < 1.29 is 15.0 Å². The maximum Gasteiger partial charge on any atom is 0.410 e. The molecule has 6 nitrogen and oxygen atoms in total. The van der Waals surface area contributed by atoms with E-state index in [1.165, 1.54) is 4.68 Å². The summed E-state index contributed by atoms with van der Waals surface area (Å²) in [4.78, 5) is 10.9. The molecule has 1 unspecified atom stereocenters. The number of nitrogens with one attached hydrogen (secondary N) is 1. The minimum Gasteiger partial charge on any atom is -0.465 e. The lowest BCUT2D eigenvalue weighted by Crippen LogP contribution is -2.12. The Morgan fingerprint density at radius 1 is 1.45 bits per heavy atom. The van der Waals surface area contributed by atoms with Crippen molar-refractivity contribution in [2.45, 2.75) is 19.4 Å². The van der Waals surface area contributed by atoms with Gasteiger partial charge in [-0.3, -0.25) is 5.32 Å². The predicted molar refractivity (Wildman–Crippen MR) is 78.3 cm³/mol.